The fourth-order valence-corrected chi connectivity index (χ4v) is 6.05. The van der Waals surface area contributed by atoms with E-state index in [-0.39, 0.29) is 22.9 Å². The van der Waals surface area contributed by atoms with Crippen molar-refractivity contribution in [2.45, 2.75) is 20.0 Å². The largest absolute Gasteiger partial charge is 0.487 e. The molecule has 0 spiro atoms. The zero-order valence-electron chi connectivity index (χ0n) is 19.5. The molecule has 3 aromatic rings. The monoisotopic (exact) mass is 738 g/mol. The lowest BCUT2D eigenvalue weighted by atomic mass is 10.1. The molecule has 1 aliphatic heterocycles. The van der Waals surface area contributed by atoms with E-state index in [1.165, 1.54) is 17.0 Å². The minimum Gasteiger partial charge on any atom is -0.487 e. The van der Waals surface area contributed by atoms with Gasteiger partial charge in [0.2, 0.25) is 0 Å². The van der Waals surface area contributed by atoms with E-state index in [2.05, 4.69) is 50.5 Å². The van der Waals surface area contributed by atoms with E-state index in [0.29, 0.717) is 17.0 Å². The Morgan fingerprint density at radius 2 is 1.62 bits per heavy atom. The Morgan fingerprint density at radius 1 is 1.03 bits per heavy atom. The van der Waals surface area contributed by atoms with Gasteiger partial charge < -0.3 is 9.84 Å². The number of carbonyl (C=O) groups excluding carboxylic acids is 2. The molecule has 2 amide bonds. The molecule has 0 aromatic heterocycles. The van der Waals surface area contributed by atoms with Crippen molar-refractivity contribution in [3.63, 3.8) is 0 Å². The van der Waals surface area contributed by atoms with Gasteiger partial charge in [-0.25, -0.2) is 4.79 Å². The van der Waals surface area contributed by atoms with Crippen molar-refractivity contribution in [3.8, 4) is 5.75 Å². The van der Waals surface area contributed by atoms with Crippen LogP contribution < -0.4 is 15.0 Å². The van der Waals surface area contributed by atoms with Crippen LogP contribution in [0.2, 0.25) is 0 Å². The Kier molecular flexibility index (Phi) is 8.60. The summed E-state index contributed by atoms with van der Waals surface area (Å²) in [7, 11) is 0. The van der Waals surface area contributed by atoms with Crippen LogP contribution in [0.1, 0.15) is 34.0 Å². The van der Waals surface area contributed by atoms with Gasteiger partial charge in [-0.3, -0.25) is 19.8 Å². The lowest BCUT2D eigenvalue weighted by Crippen LogP contribution is -2.54. The number of nitrogens with zero attached hydrogens (tertiary/aromatic N) is 1. The molecule has 0 bridgehead atoms. The number of carbonyl (C=O) groups is 3. The number of carboxylic acid groups (broad SMARTS) is 1. The lowest BCUT2D eigenvalue weighted by molar-refractivity contribution is -0.122. The molecule has 1 heterocycles. The Labute approximate surface area is 246 Å². The van der Waals surface area contributed by atoms with Gasteiger partial charge >= 0.3 is 5.97 Å². The number of nitrogens with one attached hydrogen (secondary N) is 1. The molecule has 0 aliphatic carbocycles. The van der Waals surface area contributed by atoms with Gasteiger partial charge in [0, 0.05) is 0 Å². The summed E-state index contributed by atoms with van der Waals surface area (Å²) in [5, 5.41) is 11.7. The predicted octanol–water partition coefficient (Wildman–Crippen LogP) is 5.57. The van der Waals surface area contributed by atoms with E-state index < -0.39 is 17.8 Å². The minimum atomic E-state index is -0.981. The number of aryl methyl sites for hydroxylation is 1. The molecule has 0 saturated carbocycles. The second-order valence-corrected chi connectivity index (χ2v) is 10.8. The highest BCUT2D eigenvalue weighted by molar-refractivity contribution is 14.1. The van der Waals surface area contributed by atoms with E-state index in [4.69, 9.17) is 22.1 Å². The van der Waals surface area contributed by atoms with Crippen LogP contribution in [0.3, 0.4) is 0 Å². The van der Waals surface area contributed by atoms with Gasteiger partial charge in [-0.1, -0.05) is 31.2 Å². The summed E-state index contributed by atoms with van der Waals surface area (Å²) >= 11 is 9.57. The third-order valence-corrected chi connectivity index (χ3v) is 7.51. The average Bonchev–Trinajstić information content (AvgIpc) is 2.86. The van der Waals surface area contributed by atoms with Crippen LogP contribution in [0.4, 0.5) is 5.69 Å². The molecule has 3 aromatic carbocycles. The first kappa shape index (κ1) is 27.2. The van der Waals surface area contributed by atoms with E-state index in [1.54, 1.807) is 18.2 Å². The molecule has 10 heteroatoms. The number of hydrogen-bond donors (Lipinski definition) is 2. The number of rotatable bonds is 7. The van der Waals surface area contributed by atoms with Crippen molar-refractivity contribution < 1.29 is 24.2 Å². The summed E-state index contributed by atoms with van der Waals surface area (Å²) in [6.45, 7) is 2.31. The van der Waals surface area contributed by atoms with Crippen LogP contribution in [0, 0.1) is 7.14 Å². The number of benzene rings is 3. The summed E-state index contributed by atoms with van der Waals surface area (Å²) < 4.78 is 7.59. The number of amides is 2. The van der Waals surface area contributed by atoms with Crippen molar-refractivity contribution in [2.75, 3.05) is 4.90 Å². The predicted molar refractivity (Wildman–Crippen MR) is 162 cm³/mol. The Balaban J connectivity index is 1.56. The van der Waals surface area contributed by atoms with Crippen LogP contribution in [-0.2, 0) is 22.6 Å². The van der Waals surface area contributed by atoms with Gasteiger partial charge in [0.1, 0.15) is 17.9 Å². The maximum absolute atomic E-state index is 13.3. The van der Waals surface area contributed by atoms with E-state index in [0.717, 1.165) is 24.7 Å². The normalized spacial score (nSPS) is 14.6. The van der Waals surface area contributed by atoms with Gasteiger partial charge in [-0.15, -0.1) is 0 Å². The van der Waals surface area contributed by atoms with Crippen molar-refractivity contribution in [3.05, 3.63) is 95.6 Å². The highest BCUT2D eigenvalue weighted by Crippen LogP contribution is 2.31. The Bertz CT molecular complexity index is 1410. The van der Waals surface area contributed by atoms with Crippen LogP contribution in [-0.4, -0.2) is 28.0 Å². The topological polar surface area (TPSA) is 95.9 Å². The summed E-state index contributed by atoms with van der Waals surface area (Å²) in [6, 6.07) is 17.6. The molecule has 1 fully saturated rings. The summed E-state index contributed by atoms with van der Waals surface area (Å²) in [5.41, 5.74) is 3.40. The first-order valence-electron chi connectivity index (χ1n) is 11.1. The van der Waals surface area contributed by atoms with Gasteiger partial charge in [0.05, 0.1) is 18.4 Å². The first-order chi connectivity index (χ1) is 17.7. The fourth-order valence-electron chi connectivity index (χ4n) is 3.64. The van der Waals surface area contributed by atoms with Crippen LogP contribution >= 0.6 is 57.4 Å². The molecule has 1 saturated heterocycles. The van der Waals surface area contributed by atoms with Crippen molar-refractivity contribution in [1.29, 1.82) is 0 Å². The van der Waals surface area contributed by atoms with Crippen LogP contribution in [0.15, 0.2) is 66.2 Å². The standard InChI is InChI=1S/C27H20I2N2O5S/c1-2-15-5-9-19(10-6-15)31-25(33)20(24(32)30-27(31)37)11-17-12-21(28)23(22(29)13-17)36-14-16-3-7-18(8-4-16)26(34)35/h3-13H,2,14H2,1H3,(H,34,35)(H,30,32,37). The molecular formula is C27H20I2N2O5S. The zero-order chi connectivity index (χ0) is 26.7. The molecule has 0 atom stereocenters. The van der Waals surface area contributed by atoms with Crippen molar-refractivity contribution >= 4 is 92.1 Å². The first-order valence-corrected chi connectivity index (χ1v) is 13.7. The van der Waals surface area contributed by atoms with Gasteiger partial charge in [-0.2, -0.15) is 0 Å². The van der Waals surface area contributed by atoms with E-state index in [1.807, 2.05) is 43.3 Å². The summed E-state index contributed by atoms with van der Waals surface area (Å²) in [5.74, 6) is -1.37. The quantitative estimate of drug-likeness (QED) is 0.143. The molecule has 37 heavy (non-hydrogen) atoms. The van der Waals surface area contributed by atoms with E-state index in [9.17, 15) is 14.4 Å². The van der Waals surface area contributed by atoms with Crippen LogP contribution in [0.5, 0.6) is 5.75 Å². The second kappa shape index (κ2) is 11.7. The van der Waals surface area contributed by atoms with E-state index >= 15 is 0 Å². The molecule has 2 N–H and O–H groups in total. The number of thiocarbonyl (C=S) groups is 1. The number of ether oxygens (including phenoxy) is 1. The fraction of sp³-hybridized carbons (Fsp3) is 0.111. The van der Waals surface area contributed by atoms with Gasteiger partial charge in [0.25, 0.3) is 11.8 Å². The highest BCUT2D eigenvalue weighted by Gasteiger charge is 2.34. The zero-order valence-corrected chi connectivity index (χ0v) is 24.6. The Morgan fingerprint density at radius 3 is 2.19 bits per heavy atom. The maximum Gasteiger partial charge on any atom is 0.335 e. The SMILES string of the molecule is CCc1ccc(N2C(=O)C(=Cc3cc(I)c(OCc4ccc(C(=O)O)cc4)c(I)c3)C(=O)NC2=S)cc1. The molecule has 1 aliphatic rings. The second-order valence-electron chi connectivity index (χ2n) is 8.08. The third-order valence-electron chi connectivity index (χ3n) is 5.62. The third kappa shape index (κ3) is 6.18. The smallest absolute Gasteiger partial charge is 0.335 e. The van der Waals surface area contributed by atoms with Gasteiger partial charge in [-0.05, 0) is 123 Å². The summed E-state index contributed by atoms with van der Waals surface area (Å²) in [4.78, 5) is 38.3. The minimum absolute atomic E-state index is 0.0213. The summed E-state index contributed by atoms with van der Waals surface area (Å²) in [6.07, 6.45) is 2.42. The molecule has 0 radical (unpaired) electrons. The maximum atomic E-state index is 13.3. The van der Waals surface area contributed by atoms with Gasteiger partial charge in [0.15, 0.2) is 5.11 Å². The highest BCUT2D eigenvalue weighted by atomic mass is 127. The van der Waals surface area contributed by atoms with Crippen molar-refractivity contribution in [2.24, 2.45) is 0 Å². The number of hydrogen-bond acceptors (Lipinski definition) is 5. The molecule has 4 rings (SSSR count). The number of halogens is 2. The molecule has 0 unspecified atom stereocenters. The average molecular weight is 738 g/mol. The molecular weight excluding hydrogens is 718 g/mol. The van der Waals surface area contributed by atoms with Crippen molar-refractivity contribution in [1.82, 2.24) is 5.32 Å². The molecule has 188 valence electrons. The Hall–Kier alpha value is -2.84. The number of anilines is 1. The van der Waals surface area contributed by atoms with Crippen LogP contribution in [0.25, 0.3) is 6.08 Å². The number of carboxylic acids is 1. The number of aromatic carboxylic acids is 1. The molecule has 7 nitrogen and oxygen atoms in total. The lowest BCUT2D eigenvalue weighted by Gasteiger charge is -2.29.